The van der Waals surface area contributed by atoms with Crippen LogP contribution in [0.3, 0.4) is 0 Å². The molecule has 5 nitrogen and oxygen atoms in total. The van der Waals surface area contributed by atoms with E-state index in [-0.39, 0.29) is 24.5 Å². The molecule has 0 spiro atoms. The molecule has 2 aromatic carbocycles. The molecular weight excluding hydrogens is 363 g/mol. The quantitative estimate of drug-likeness (QED) is 0.748. The first-order valence-corrected chi connectivity index (χ1v) is 7.95. The van der Waals surface area contributed by atoms with Gasteiger partial charge in [-0.1, -0.05) is 42.5 Å². The molecule has 0 saturated carbocycles. The lowest BCUT2D eigenvalue weighted by atomic mass is 10.0. The summed E-state index contributed by atoms with van der Waals surface area (Å²) in [4.78, 5) is 24.2. The van der Waals surface area contributed by atoms with Crippen molar-refractivity contribution in [3.63, 3.8) is 0 Å². The van der Waals surface area contributed by atoms with Crippen LogP contribution in [0.4, 0.5) is 18.0 Å². The van der Waals surface area contributed by atoms with Gasteiger partial charge in [-0.3, -0.25) is 4.79 Å². The van der Waals surface area contributed by atoms with Crippen LogP contribution < -0.4 is 4.74 Å². The third kappa shape index (κ3) is 4.66. The number of amides is 2. The molecule has 2 aromatic rings. The Bertz CT molecular complexity index is 878. The van der Waals surface area contributed by atoms with Crippen molar-refractivity contribution in [2.45, 2.75) is 6.36 Å². The van der Waals surface area contributed by atoms with Gasteiger partial charge in [0, 0.05) is 11.6 Å². The molecule has 0 aliphatic carbocycles. The van der Waals surface area contributed by atoms with E-state index >= 15 is 0 Å². The van der Waals surface area contributed by atoms with Crippen molar-refractivity contribution in [1.29, 1.82) is 0 Å². The number of benzene rings is 2. The summed E-state index contributed by atoms with van der Waals surface area (Å²) in [6.07, 6.45) is -3.20. The number of carbonyl (C=O) groups excluding carboxylic acids is 2. The summed E-state index contributed by atoms with van der Waals surface area (Å²) in [5.41, 5.74) is 1.14. The maximum Gasteiger partial charge on any atom is 0.573 e. The van der Waals surface area contributed by atoms with E-state index in [2.05, 4.69) is 9.47 Å². The predicted molar refractivity (Wildman–Crippen MR) is 90.7 cm³/mol. The second-order valence-corrected chi connectivity index (χ2v) is 5.61. The van der Waals surface area contributed by atoms with Gasteiger partial charge in [-0.05, 0) is 23.3 Å². The van der Waals surface area contributed by atoms with Gasteiger partial charge in [-0.2, -0.15) is 0 Å². The van der Waals surface area contributed by atoms with Crippen molar-refractivity contribution in [2.75, 3.05) is 13.2 Å². The number of alkyl halides is 3. The largest absolute Gasteiger partial charge is 0.573 e. The van der Waals surface area contributed by atoms with Crippen LogP contribution in [0.2, 0.25) is 0 Å². The highest BCUT2D eigenvalue weighted by Gasteiger charge is 2.32. The summed E-state index contributed by atoms with van der Waals surface area (Å²) in [6, 6.07) is 12.7. The summed E-state index contributed by atoms with van der Waals surface area (Å²) in [6.45, 7) is 0.255. The Kier molecular flexibility index (Phi) is 5.16. The molecule has 0 atom stereocenters. The standard InChI is InChI=1S/C19H14F3NO4/c20-19(21,22)27-16-12-13(6-8-15(16)14-4-2-1-3-5-14)7-9-17(24)23-10-11-26-18(23)25/h1-9,12H,10-11H2/b9-7+. The van der Waals surface area contributed by atoms with Crippen LogP contribution in [0, 0.1) is 0 Å². The molecule has 1 heterocycles. The van der Waals surface area contributed by atoms with E-state index in [1.54, 1.807) is 36.4 Å². The molecule has 1 aliphatic rings. The molecule has 3 rings (SSSR count). The van der Waals surface area contributed by atoms with E-state index in [0.717, 1.165) is 11.0 Å². The lowest BCUT2D eigenvalue weighted by molar-refractivity contribution is -0.274. The number of halogens is 3. The highest BCUT2D eigenvalue weighted by atomic mass is 19.4. The molecule has 0 aromatic heterocycles. The maximum atomic E-state index is 12.8. The zero-order valence-corrected chi connectivity index (χ0v) is 13.9. The number of carbonyl (C=O) groups is 2. The van der Waals surface area contributed by atoms with E-state index in [9.17, 15) is 22.8 Å². The average molecular weight is 377 g/mol. The third-order valence-electron chi connectivity index (χ3n) is 3.76. The summed E-state index contributed by atoms with van der Waals surface area (Å²) in [5, 5.41) is 0. The number of rotatable bonds is 4. The molecule has 8 heteroatoms. The second kappa shape index (κ2) is 7.53. The van der Waals surface area contributed by atoms with Crippen molar-refractivity contribution in [3.05, 3.63) is 60.2 Å². The molecule has 27 heavy (non-hydrogen) atoms. The number of hydrogen-bond acceptors (Lipinski definition) is 4. The fourth-order valence-corrected chi connectivity index (χ4v) is 2.56. The predicted octanol–water partition coefficient (Wildman–Crippen LogP) is 4.24. The lowest BCUT2D eigenvalue weighted by Crippen LogP contribution is -2.29. The van der Waals surface area contributed by atoms with Crippen LogP contribution in [0.5, 0.6) is 5.75 Å². The van der Waals surface area contributed by atoms with Gasteiger partial charge in [0.1, 0.15) is 12.4 Å². The van der Waals surface area contributed by atoms with Crippen molar-refractivity contribution in [3.8, 4) is 16.9 Å². The molecule has 0 bridgehead atoms. The van der Waals surface area contributed by atoms with Crippen molar-refractivity contribution >= 4 is 18.1 Å². The Labute approximate surface area is 152 Å². The number of ether oxygens (including phenoxy) is 2. The Morgan fingerprint density at radius 2 is 1.89 bits per heavy atom. The van der Waals surface area contributed by atoms with Crippen LogP contribution in [0.1, 0.15) is 5.56 Å². The van der Waals surface area contributed by atoms with Crippen molar-refractivity contribution < 1.29 is 32.2 Å². The van der Waals surface area contributed by atoms with E-state index < -0.39 is 18.4 Å². The number of nitrogens with zero attached hydrogens (tertiary/aromatic N) is 1. The summed E-state index contributed by atoms with van der Waals surface area (Å²) < 4.78 is 47.1. The van der Waals surface area contributed by atoms with Gasteiger partial charge in [0.2, 0.25) is 0 Å². The molecule has 1 fully saturated rings. The zero-order valence-electron chi connectivity index (χ0n) is 13.9. The molecular formula is C19H14F3NO4. The first-order chi connectivity index (χ1) is 12.8. The molecule has 1 saturated heterocycles. The van der Waals surface area contributed by atoms with Gasteiger partial charge in [-0.15, -0.1) is 13.2 Å². The van der Waals surface area contributed by atoms with Crippen molar-refractivity contribution in [2.24, 2.45) is 0 Å². The Hall–Kier alpha value is -3.29. The van der Waals surface area contributed by atoms with E-state index in [1.165, 1.54) is 18.2 Å². The van der Waals surface area contributed by atoms with Crippen LogP contribution in [0.15, 0.2) is 54.6 Å². The Balaban J connectivity index is 1.88. The Morgan fingerprint density at radius 3 is 2.52 bits per heavy atom. The van der Waals surface area contributed by atoms with Gasteiger partial charge < -0.3 is 9.47 Å². The SMILES string of the molecule is O=C(/C=C/c1ccc(-c2ccccc2)c(OC(F)(F)F)c1)N1CCOC1=O. The Morgan fingerprint density at radius 1 is 1.15 bits per heavy atom. The van der Waals surface area contributed by atoms with Gasteiger partial charge >= 0.3 is 12.5 Å². The molecule has 2 amide bonds. The minimum atomic E-state index is -4.86. The van der Waals surface area contributed by atoms with E-state index in [0.29, 0.717) is 11.1 Å². The van der Waals surface area contributed by atoms with E-state index in [1.807, 2.05) is 0 Å². The smallest absolute Gasteiger partial charge is 0.447 e. The third-order valence-corrected chi connectivity index (χ3v) is 3.76. The highest BCUT2D eigenvalue weighted by molar-refractivity contribution is 6.01. The number of hydrogen-bond donors (Lipinski definition) is 0. The molecule has 1 aliphatic heterocycles. The van der Waals surface area contributed by atoms with Gasteiger partial charge in [-0.25, -0.2) is 9.69 Å². The first-order valence-electron chi connectivity index (χ1n) is 7.95. The highest BCUT2D eigenvalue weighted by Crippen LogP contribution is 2.35. The average Bonchev–Trinajstić information content (AvgIpc) is 3.05. The fraction of sp³-hybridized carbons (Fsp3) is 0.158. The van der Waals surface area contributed by atoms with Crippen LogP contribution in [0.25, 0.3) is 17.2 Å². The van der Waals surface area contributed by atoms with E-state index in [4.69, 9.17) is 0 Å². The summed E-state index contributed by atoms with van der Waals surface area (Å²) in [7, 11) is 0. The number of cyclic esters (lactones) is 1. The second-order valence-electron chi connectivity index (χ2n) is 5.61. The molecule has 140 valence electrons. The minimum absolute atomic E-state index is 0.119. The molecule has 0 N–H and O–H groups in total. The summed E-state index contributed by atoms with van der Waals surface area (Å²) >= 11 is 0. The van der Waals surface area contributed by atoms with Gasteiger partial charge in [0.25, 0.3) is 5.91 Å². The van der Waals surface area contributed by atoms with Gasteiger partial charge in [0.05, 0.1) is 6.54 Å². The minimum Gasteiger partial charge on any atom is -0.447 e. The first kappa shape index (κ1) is 18.5. The normalized spacial score (nSPS) is 14.5. The monoisotopic (exact) mass is 377 g/mol. The summed E-state index contributed by atoms with van der Waals surface area (Å²) in [5.74, 6) is -0.994. The van der Waals surface area contributed by atoms with Crippen molar-refractivity contribution in [1.82, 2.24) is 4.90 Å². The fourth-order valence-electron chi connectivity index (χ4n) is 2.56. The molecule has 0 unspecified atom stereocenters. The maximum absolute atomic E-state index is 12.8. The molecule has 0 radical (unpaired) electrons. The van der Waals surface area contributed by atoms with Crippen LogP contribution >= 0.6 is 0 Å². The topological polar surface area (TPSA) is 55.8 Å². The lowest BCUT2D eigenvalue weighted by Gasteiger charge is -2.14. The van der Waals surface area contributed by atoms with Gasteiger partial charge in [0.15, 0.2) is 0 Å². The zero-order chi connectivity index (χ0) is 19.4. The number of imide groups is 1. The van der Waals surface area contributed by atoms with Crippen LogP contribution in [-0.4, -0.2) is 36.4 Å². The van der Waals surface area contributed by atoms with Crippen LogP contribution in [-0.2, 0) is 9.53 Å².